The lowest BCUT2D eigenvalue weighted by atomic mass is 9.90. The molecule has 2 atom stereocenters. The van der Waals surface area contributed by atoms with Crippen LogP contribution in [0.3, 0.4) is 0 Å². The number of ether oxygens (including phenoxy) is 1. The van der Waals surface area contributed by atoms with E-state index in [0.29, 0.717) is 12.5 Å². The van der Waals surface area contributed by atoms with Crippen LogP contribution in [0.2, 0.25) is 0 Å². The molecule has 0 saturated heterocycles. The van der Waals surface area contributed by atoms with E-state index in [0.717, 1.165) is 19.3 Å². The van der Waals surface area contributed by atoms with Crippen LogP contribution in [0.25, 0.3) is 0 Å². The molecule has 0 N–H and O–H groups in total. The molecule has 0 aliphatic rings. The summed E-state index contributed by atoms with van der Waals surface area (Å²) in [7, 11) is 0. The Balaban J connectivity index is 2.36. The minimum absolute atomic E-state index is 0.0391. The molecule has 0 amide bonds. The molecule has 0 aliphatic carbocycles. The molecule has 1 aromatic carbocycles. The van der Waals surface area contributed by atoms with Gasteiger partial charge in [-0.1, -0.05) is 57.5 Å². The standard InChI is InChI=1S/C16H24O2/c1-4-13(3)15(5-2)16(17)18-12-11-14-9-7-6-8-10-14/h6-10,13,15H,4-5,11-12H2,1-3H3. The third-order valence-corrected chi connectivity index (χ3v) is 3.55. The molecule has 0 saturated carbocycles. The van der Waals surface area contributed by atoms with Crippen molar-refractivity contribution >= 4 is 5.97 Å². The lowest BCUT2D eigenvalue weighted by Gasteiger charge is -2.19. The minimum Gasteiger partial charge on any atom is -0.465 e. The predicted molar refractivity (Wildman–Crippen MR) is 74.3 cm³/mol. The molecule has 1 aromatic rings. The fraction of sp³-hybridized carbons (Fsp3) is 0.562. The van der Waals surface area contributed by atoms with Crippen molar-refractivity contribution in [3.8, 4) is 0 Å². The Labute approximate surface area is 110 Å². The first-order valence-electron chi connectivity index (χ1n) is 6.89. The van der Waals surface area contributed by atoms with Gasteiger partial charge in [0.15, 0.2) is 0 Å². The summed E-state index contributed by atoms with van der Waals surface area (Å²) < 4.78 is 5.38. The molecule has 0 spiro atoms. The number of hydrogen-bond donors (Lipinski definition) is 0. The van der Waals surface area contributed by atoms with Crippen molar-refractivity contribution in [2.75, 3.05) is 6.61 Å². The SMILES string of the molecule is CCC(C)C(CC)C(=O)OCCc1ccccc1. The topological polar surface area (TPSA) is 26.3 Å². The quantitative estimate of drug-likeness (QED) is 0.685. The predicted octanol–water partition coefficient (Wildman–Crippen LogP) is 3.84. The lowest BCUT2D eigenvalue weighted by molar-refractivity contribution is -0.150. The Morgan fingerprint density at radius 1 is 1.17 bits per heavy atom. The van der Waals surface area contributed by atoms with Crippen molar-refractivity contribution in [2.24, 2.45) is 11.8 Å². The average molecular weight is 248 g/mol. The zero-order valence-corrected chi connectivity index (χ0v) is 11.7. The fourth-order valence-electron chi connectivity index (χ4n) is 2.11. The molecule has 100 valence electrons. The number of rotatable bonds is 7. The Morgan fingerprint density at radius 3 is 2.39 bits per heavy atom. The summed E-state index contributed by atoms with van der Waals surface area (Å²) in [4.78, 5) is 11.9. The monoisotopic (exact) mass is 248 g/mol. The van der Waals surface area contributed by atoms with Gasteiger partial charge in [0, 0.05) is 6.42 Å². The molecule has 0 aliphatic heterocycles. The van der Waals surface area contributed by atoms with E-state index >= 15 is 0 Å². The van der Waals surface area contributed by atoms with Gasteiger partial charge in [0.25, 0.3) is 0 Å². The molecule has 2 heteroatoms. The van der Waals surface area contributed by atoms with E-state index in [-0.39, 0.29) is 11.9 Å². The van der Waals surface area contributed by atoms with Crippen LogP contribution >= 0.6 is 0 Å². The van der Waals surface area contributed by atoms with Gasteiger partial charge in [0.05, 0.1) is 12.5 Å². The highest BCUT2D eigenvalue weighted by Gasteiger charge is 2.23. The fourth-order valence-corrected chi connectivity index (χ4v) is 2.11. The van der Waals surface area contributed by atoms with Gasteiger partial charge in [-0.05, 0) is 17.9 Å². The van der Waals surface area contributed by atoms with E-state index < -0.39 is 0 Å². The van der Waals surface area contributed by atoms with Crippen molar-refractivity contribution in [3.63, 3.8) is 0 Å². The second kappa shape index (κ2) is 7.91. The van der Waals surface area contributed by atoms with Crippen molar-refractivity contribution in [2.45, 2.75) is 40.0 Å². The van der Waals surface area contributed by atoms with Gasteiger partial charge in [-0.15, -0.1) is 0 Å². The zero-order valence-electron chi connectivity index (χ0n) is 11.7. The molecule has 0 aromatic heterocycles. The maximum Gasteiger partial charge on any atom is 0.309 e. The Bertz CT molecular complexity index is 345. The summed E-state index contributed by atoms with van der Waals surface area (Å²) in [5.41, 5.74) is 1.21. The molecule has 0 bridgehead atoms. The summed E-state index contributed by atoms with van der Waals surface area (Å²) in [5, 5.41) is 0. The first-order valence-corrected chi connectivity index (χ1v) is 6.89. The molecule has 18 heavy (non-hydrogen) atoms. The van der Waals surface area contributed by atoms with Crippen LogP contribution in [0.15, 0.2) is 30.3 Å². The second-order valence-corrected chi connectivity index (χ2v) is 4.80. The second-order valence-electron chi connectivity index (χ2n) is 4.80. The molecule has 2 unspecified atom stereocenters. The Kier molecular flexibility index (Phi) is 6.48. The molecule has 0 heterocycles. The molecule has 1 rings (SSSR count). The lowest BCUT2D eigenvalue weighted by Crippen LogP contribution is -2.24. The number of hydrogen-bond acceptors (Lipinski definition) is 2. The molecule has 0 radical (unpaired) electrons. The Hall–Kier alpha value is -1.31. The molecule has 2 nitrogen and oxygen atoms in total. The third kappa shape index (κ3) is 4.52. The highest BCUT2D eigenvalue weighted by atomic mass is 16.5. The number of carbonyl (C=O) groups excluding carboxylic acids is 1. The summed E-state index contributed by atoms with van der Waals surface area (Å²) >= 11 is 0. The van der Waals surface area contributed by atoms with Crippen LogP contribution in [0, 0.1) is 11.8 Å². The van der Waals surface area contributed by atoms with Crippen molar-refractivity contribution in [1.29, 1.82) is 0 Å². The van der Waals surface area contributed by atoms with E-state index in [1.165, 1.54) is 5.56 Å². The van der Waals surface area contributed by atoms with E-state index in [4.69, 9.17) is 4.74 Å². The Morgan fingerprint density at radius 2 is 1.83 bits per heavy atom. The number of esters is 1. The first kappa shape index (κ1) is 14.7. The zero-order chi connectivity index (χ0) is 13.4. The van der Waals surface area contributed by atoms with Crippen LogP contribution in [0.5, 0.6) is 0 Å². The van der Waals surface area contributed by atoms with E-state index in [2.05, 4.69) is 32.9 Å². The summed E-state index contributed by atoms with van der Waals surface area (Å²) in [6.45, 7) is 6.77. The minimum atomic E-state index is -0.0391. The van der Waals surface area contributed by atoms with Gasteiger partial charge >= 0.3 is 5.97 Å². The van der Waals surface area contributed by atoms with Gasteiger partial charge in [-0.25, -0.2) is 0 Å². The van der Waals surface area contributed by atoms with Crippen LogP contribution in [-0.2, 0) is 16.0 Å². The maximum atomic E-state index is 11.9. The van der Waals surface area contributed by atoms with Gasteiger partial charge < -0.3 is 4.74 Å². The van der Waals surface area contributed by atoms with Crippen molar-refractivity contribution in [3.05, 3.63) is 35.9 Å². The van der Waals surface area contributed by atoms with Gasteiger partial charge in [-0.2, -0.15) is 0 Å². The van der Waals surface area contributed by atoms with Gasteiger partial charge in [-0.3, -0.25) is 4.79 Å². The smallest absolute Gasteiger partial charge is 0.309 e. The van der Waals surface area contributed by atoms with Crippen molar-refractivity contribution < 1.29 is 9.53 Å². The van der Waals surface area contributed by atoms with Crippen LogP contribution in [0.1, 0.15) is 39.2 Å². The molecule has 0 fully saturated rings. The van der Waals surface area contributed by atoms with E-state index in [9.17, 15) is 4.79 Å². The largest absolute Gasteiger partial charge is 0.465 e. The average Bonchev–Trinajstić information content (AvgIpc) is 2.40. The summed E-state index contributed by atoms with van der Waals surface area (Å²) in [6.07, 6.45) is 2.68. The van der Waals surface area contributed by atoms with Crippen LogP contribution < -0.4 is 0 Å². The van der Waals surface area contributed by atoms with Crippen LogP contribution in [-0.4, -0.2) is 12.6 Å². The summed E-state index contributed by atoms with van der Waals surface area (Å²) in [6, 6.07) is 10.1. The maximum absolute atomic E-state index is 11.9. The normalized spacial score (nSPS) is 13.9. The van der Waals surface area contributed by atoms with Gasteiger partial charge in [0.1, 0.15) is 0 Å². The van der Waals surface area contributed by atoms with Crippen LogP contribution in [0.4, 0.5) is 0 Å². The van der Waals surface area contributed by atoms with Crippen molar-refractivity contribution in [1.82, 2.24) is 0 Å². The van der Waals surface area contributed by atoms with E-state index in [1.807, 2.05) is 18.2 Å². The highest BCUT2D eigenvalue weighted by Crippen LogP contribution is 2.20. The highest BCUT2D eigenvalue weighted by molar-refractivity contribution is 5.72. The number of carbonyl (C=O) groups is 1. The first-order chi connectivity index (χ1) is 8.69. The van der Waals surface area contributed by atoms with E-state index in [1.54, 1.807) is 0 Å². The molecular weight excluding hydrogens is 224 g/mol. The summed E-state index contributed by atoms with van der Waals surface area (Å²) in [5.74, 6) is 0.410. The molecular formula is C16H24O2. The number of benzene rings is 1. The third-order valence-electron chi connectivity index (χ3n) is 3.55. The van der Waals surface area contributed by atoms with Gasteiger partial charge in [0.2, 0.25) is 0 Å².